The Hall–Kier alpha value is -3.87. The van der Waals surface area contributed by atoms with Crippen LogP contribution in [0.5, 0.6) is 0 Å². The predicted octanol–water partition coefficient (Wildman–Crippen LogP) is 4.54. The highest BCUT2D eigenvalue weighted by atomic mass is 16.6. The molecule has 0 spiro atoms. The number of nitrogen functional groups attached to an aromatic ring is 1. The molecule has 4 rings (SSSR count). The largest absolute Gasteiger partial charge is 0.448 e. The number of nitrogens with two attached hydrogens (primary N) is 1. The van der Waals surface area contributed by atoms with Crippen molar-refractivity contribution in [2.75, 3.05) is 17.7 Å². The van der Waals surface area contributed by atoms with E-state index in [1.165, 1.54) is 18.2 Å². The summed E-state index contributed by atoms with van der Waals surface area (Å²) in [5.41, 5.74) is 10.0. The zero-order valence-electron chi connectivity index (χ0n) is 14.8. The fourth-order valence-electron chi connectivity index (χ4n) is 3.55. The van der Waals surface area contributed by atoms with E-state index in [0.29, 0.717) is 0 Å². The molecule has 1 aliphatic carbocycles. The number of ether oxygens (including phenoxy) is 1. The van der Waals surface area contributed by atoms with Crippen molar-refractivity contribution in [3.8, 4) is 11.1 Å². The smallest absolute Gasteiger partial charge is 0.411 e. The number of carbonyl (C=O) groups is 1. The van der Waals surface area contributed by atoms with Crippen LogP contribution in [-0.2, 0) is 4.74 Å². The molecule has 0 unspecified atom stereocenters. The quantitative estimate of drug-likeness (QED) is 0.395. The molecule has 0 aliphatic heterocycles. The minimum absolute atomic E-state index is 0.0384. The third kappa shape index (κ3) is 3.14. The van der Waals surface area contributed by atoms with E-state index < -0.39 is 11.0 Å². The molecule has 0 fully saturated rings. The van der Waals surface area contributed by atoms with E-state index in [9.17, 15) is 14.9 Å². The zero-order chi connectivity index (χ0) is 19.7. The van der Waals surface area contributed by atoms with Gasteiger partial charge in [0.15, 0.2) is 0 Å². The van der Waals surface area contributed by atoms with Crippen LogP contribution in [0.4, 0.5) is 21.9 Å². The van der Waals surface area contributed by atoms with Crippen LogP contribution in [0.3, 0.4) is 0 Å². The average molecular weight is 375 g/mol. The van der Waals surface area contributed by atoms with Gasteiger partial charge >= 0.3 is 6.09 Å². The fourth-order valence-corrected chi connectivity index (χ4v) is 3.55. The second-order valence-electron chi connectivity index (χ2n) is 6.48. The first-order chi connectivity index (χ1) is 13.5. The standard InChI is InChI=1S/C21H17N3O4/c22-13-9-10-19(20(11-13)24(26)27)23-21(25)28-12-18-16-7-3-1-5-14(16)15-6-2-4-8-17(15)18/h1-11,18H,12,22H2,(H,23,25). The van der Waals surface area contributed by atoms with Crippen LogP contribution < -0.4 is 11.1 Å². The SMILES string of the molecule is Nc1ccc(NC(=O)OCC2c3ccccc3-c3ccccc32)c([N+](=O)[O-])c1. The second kappa shape index (κ2) is 7.03. The topological polar surface area (TPSA) is 107 Å². The maximum Gasteiger partial charge on any atom is 0.411 e. The number of hydrogen-bond donors (Lipinski definition) is 2. The van der Waals surface area contributed by atoms with E-state index in [2.05, 4.69) is 5.32 Å². The Morgan fingerprint density at radius 2 is 1.64 bits per heavy atom. The first-order valence-electron chi connectivity index (χ1n) is 8.70. The lowest BCUT2D eigenvalue weighted by molar-refractivity contribution is -0.383. The third-order valence-electron chi connectivity index (χ3n) is 4.80. The summed E-state index contributed by atoms with van der Waals surface area (Å²) in [7, 11) is 0. The molecular formula is C21H17N3O4. The summed E-state index contributed by atoms with van der Waals surface area (Å²) < 4.78 is 5.40. The molecule has 0 saturated heterocycles. The highest BCUT2D eigenvalue weighted by molar-refractivity contribution is 5.88. The molecule has 1 amide bonds. The van der Waals surface area contributed by atoms with Crippen LogP contribution in [-0.4, -0.2) is 17.6 Å². The lowest BCUT2D eigenvalue weighted by Crippen LogP contribution is -2.18. The molecule has 7 nitrogen and oxygen atoms in total. The molecule has 0 atom stereocenters. The molecule has 0 bridgehead atoms. The van der Waals surface area contributed by atoms with Crippen molar-refractivity contribution in [1.29, 1.82) is 0 Å². The third-order valence-corrected chi connectivity index (χ3v) is 4.80. The number of nitro groups is 1. The van der Waals surface area contributed by atoms with Gasteiger partial charge in [0.1, 0.15) is 12.3 Å². The van der Waals surface area contributed by atoms with E-state index in [-0.39, 0.29) is 29.6 Å². The Labute approximate surface area is 160 Å². The van der Waals surface area contributed by atoms with Crippen LogP contribution in [0.1, 0.15) is 17.0 Å². The van der Waals surface area contributed by atoms with Gasteiger partial charge < -0.3 is 10.5 Å². The first kappa shape index (κ1) is 17.5. The number of carbonyl (C=O) groups excluding carboxylic acids is 1. The number of hydrogen-bond acceptors (Lipinski definition) is 5. The van der Waals surface area contributed by atoms with E-state index in [1.54, 1.807) is 0 Å². The van der Waals surface area contributed by atoms with Gasteiger partial charge in [-0.2, -0.15) is 0 Å². The number of anilines is 2. The molecule has 3 aromatic carbocycles. The van der Waals surface area contributed by atoms with Crippen molar-refractivity contribution in [2.24, 2.45) is 0 Å². The maximum absolute atomic E-state index is 12.3. The number of nitro benzene ring substituents is 1. The number of nitrogens with one attached hydrogen (secondary N) is 1. The van der Waals surface area contributed by atoms with Crippen molar-refractivity contribution in [3.63, 3.8) is 0 Å². The second-order valence-corrected chi connectivity index (χ2v) is 6.48. The number of benzene rings is 3. The van der Waals surface area contributed by atoms with Gasteiger partial charge in [-0.15, -0.1) is 0 Å². The molecule has 0 aromatic heterocycles. The number of nitrogens with zero attached hydrogens (tertiary/aromatic N) is 1. The highest BCUT2D eigenvalue weighted by Gasteiger charge is 2.29. The van der Waals surface area contributed by atoms with Crippen molar-refractivity contribution in [1.82, 2.24) is 0 Å². The minimum atomic E-state index is -0.755. The predicted molar refractivity (Wildman–Crippen MR) is 106 cm³/mol. The van der Waals surface area contributed by atoms with Gasteiger partial charge in [0.05, 0.1) is 4.92 Å². The van der Waals surface area contributed by atoms with E-state index in [1.807, 2.05) is 48.5 Å². The molecule has 140 valence electrons. The number of amides is 1. The lowest BCUT2D eigenvalue weighted by atomic mass is 9.98. The van der Waals surface area contributed by atoms with Crippen molar-refractivity contribution in [3.05, 3.63) is 88.0 Å². The Balaban J connectivity index is 1.51. The van der Waals surface area contributed by atoms with Gasteiger partial charge in [-0.1, -0.05) is 48.5 Å². The Kier molecular flexibility index (Phi) is 4.41. The summed E-state index contributed by atoms with van der Waals surface area (Å²) in [5.74, 6) is -0.0837. The summed E-state index contributed by atoms with van der Waals surface area (Å²) in [5, 5.41) is 13.6. The normalized spacial score (nSPS) is 12.1. The van der Waals surface area contributed by atoms with Gasteiger partial charge in [0, 0.05) is 17.7 Å². The van der Waals surface area contributed by atoms with Crippen LogP contribution >= 0.6 is 0 Å². The first-order valence-corrected chi connectivity index (χ1v) is 8.70. The van der Waals surface area contributed by atoms with Crippen molar-refractivity contribution < 1.29 is 14.5 Å². The summed E-state index contributed by atoms with van der Waals surface area (Å²) in [4.78, 5) is 22.8. The summed E-state index contributed by atoms with van der Waals surface area (Å²) in [6.45, 7) is 0.128. The molecule has 28 heavy (non-hydrogen) atoms. The molecular weight excluding hydrogens is 358 g/mol. The molecule has 0 heterocycles. The Bertz CT molecular complexity index is 1040. The van der Waals surface area contributed by atoms with Gasteiger partial charge in [0.25, 0.3) is 5.69 Å². The Morgan fingerprint density at radius 3 is 2.25 bits per heavy atom. The highest BCUT2D eigenvalue weighted by Crippen LogP contribution is 2.44. The van der Waals surface area contributed by atoms with Gasteiger partial charge in [-0.3, -0.25) is 15.4 Å². The molecule has 0 saturated carbocycles. The van der Waals surface area contributed by atoms with Gasteiger partial charge in [-0.05, 0) is 34.4 Å². The lowest BCUT2D eigenvalue weighted by Gasteiger charge is -2.14. The molecule has 1 aliphatic rings. The summed E-state index contributed by atoms with van der Waals surface area (Å²) in [6.07, 6.45) is -0.755. The average Bonchev–Trinajstić information content (AvgIpc) is 3.01. The summed E-state index contributed by atoms with van der Waals surface area (Å²) >= 11 is 0. The monoisotopic (exact) mass is 375 g/mol. The van der Waals surface area contributed by atoms with E-state index >= 15 is 0 Å². The van der Waals surface area contributed by atoms with Crippen LogP contribution in [0, 0.1) is 10.1 Å². The van der Waals surface area contributed by atoms with E-state index in [0.717, 1.165) is 22.3 Å². The van der Waals surface area contributed by atoms with Gasteiger partial charge in [0.2, 0.25) is 0 Å². The van der Waals surface area contributed by atoms with Crippen LogP contribution in [0.2, 0.25) is 0 Å². The maximum atomic E-state index is 12.3. The zero-order valence-corrected chi connectivity index (χ0v) is 14.8. The summed E-state index contributed by atoms with van der Waals surface area (Å²) in [6, 6.07) is 20.1. The van der Waals surface area contributed by atoms with E-state index in [4.69, 9.17) is 10.5 Å². The van der Waals surface area contributed by atoms with Crippen molar-refractivity contribution >= 4 is 23.2 Å². The molecule has 0 radical (unpaired) electrons. The minimum Gasteiger partial charge on any atom is -0.448 e. The molecule has 7 heteroatoms. The van der Waals surface area contributed by atoms with Crippen LogP contribution in [0.25, 0.3) is 11.1 Å². The molecule has 3 aromatic rings. The van der Waals surface area contributed by atoms with Crippen molar-refractivity contribution in [2.45, 2.75) is 5.92 Å². The number of fused-ring (bicyclic) bond motifs is 3. The van der Waals surface area contributed by atoms with Crippen LogP contribution in [0.15, 0.2) is 66.7 Å². The molecule has 3 N–H and O–H groups in total. The number of rotatable bonds is 4. The van der Waals surface area contributed by atoms with Gasteiger partial charge in [-0.25, -0.2) is 4.79 Å². The fraction of sp³-hybridized carbons (Fsp3) is 0.0952. The Morgan fingerprint density at radius 1 is 1.04 bits per heavy atom.